The summed E-state index contributed by atoms with van der Waals surface area (Å²) in [6, 6.07) is 0. The van der Waals surface area contributed by atoms with E-state index in [0.29, 0.717) is 6.54 Å². The molecular weight excluding hydrogens is 206 g/mol. The summed E-state index contributed by atoms with van der Waals surface area (Å²) in [5.41, 5.74) is 0.932. The first-order valence-corrected chi connectivity index (χ1v) is 5.63. The van der Waals surface area contributed by atoms with Crippen LogP contribution in [0.4, 0.5) is 0 Å². The van der Waals surface area contributed by atoms with Crippen molar-refractivity contribution in [3.63, 3.8) is 0 Å². The molecule has 0 rings (SSSR count). The molecule has 0 aliphatic rings. The van der Waals surface area contributed by atoms with Crippen LogP contribution in [0.1, 0.15) is 40.0 Å². The second kappa shape index (κ2) is 7.91. The second-order valence-electron chi connectivity index (χ2n) is 4.04. The average Bonchev–Trinajstić information content (AvgIpc) is 2.16. The Bertz CT molecular complexity index is 267. The molecule has 1 amide bonds. The number of hydrogen-bond donors (Lipinski definition) is 1. The molecule has 0 aromatic heterocycles. The molecule has 92 valence electrons. The van der Waals surface area contributed by atoms with Crippen LogP contribution in [0.2, 0.25) is 0 Å². The third-order valence-corrected chi connectivity index (χ3v) is 2.10. The summed E-state index contributed by atoms with van der Waals surface area (Å²) in [6.07, 6.45) is 3.46. The van der Waals surface area contributed by atoms with Crippen molar-refractivity contribution < 1.29 is 14.7 Å². The first kappa shape index (κ1) is 14.7. The van der Waals surface area contributed by atoms with Gasteiger partial charge in [-0.1, -0.05) is 18.9 Å². The van der Waals surface area contributed by atoms with Crippen molar-refractivity contribution in [2.24, 2.45) is 0 Å². The van der Waals surface area contributed by atoms with Crippen LogP contribution in [0, 0.1) is 0 Å². The minimum absolute atomic E-state index is 0.00601. The number of carboxylic acids is 1. The van der Waals surface area contributed by atoms with Gasteiger partial charge in [0.1, 0.15) is 0 Å². The predicted octanol–water partition coefficient (Wildman–Crippen LogP) is 2.06. The summed E-state index contributed by atoms with van der Waals surface area (Å²) >= 11 is 0. The highest BCUT2D eigenvalue weighted by Gasteiger charge is 2.11. The lowest BCUT2D eigenvalue weighted by Gasteiger charge is -2.20. The molecule has 16 heavy (non-hydrogen) atoms. The van der Waals surface area contributed by atoms with Gasteiger partial charge in [-0.3, -0.25) is 9.59 Å². The van der Waals surface area contributed by atoms with E-state index in [2.05, 4.69) is 0 Å². The molecule has 0 fully saturated rings. The van der Waals surface area contributed by atoms with Gasteiger partial charge in [0.2, 0.25) is 5.91 Å². The molecule has 0 bridgehead atoms. The van der Waals surface area contributed by atoms with Crippen LogP contribution in [-0.2, 0) is 9.59 Å². The fourth-order valence-corrected chi connectivity index (χ4v) is 1.25. The van der Waals surface area contributed by atoms with Gasteiger partial charge in [0.15, 0.2) is 0 Å². The van der Waals surface area contributed by atoms with Gasteiger partial charge < -0.3 is 10.0 Å². The van der Waals surface area contributed by atoms with E-state index in [1.165, 1.54) is 0 Å². The Balaban J connectivity index is 4.34. The van der Waals surface area contributed by atoms with Crippen molar-refractivity contribution in [1.82, 2.24) is 4.90 Å². The number of carboxylic acid groups (broad SMARTS) is 1. The minimum atomic E-state index is -0.869. The van der Waals surface area contributed by atoms with Gasteiger partial charge in [-0.15, -0.1) is 0 Å². The van der Waals surface area contributed by atoms with E-state index in [-0.39, 0.29) is 18.9 Å². The summed E-state index contributed by atoms with van der Waals surface area (Å²) in [5.74, 6) is -0.957. The van der Waals surface area contributed by atoms with E-state index in [0.717, 1.165) is 18.4 Å². The highest BCUT2D eigenvalue weighted by molar-refractivity contribution is 5.88. The lowest BCUT2D eigenvalue weighted by Crippen LogP contribution is -2.32. The summed E-state index contributed by atoms with van der Waals surface area (Å²) in [4.78, 5) is 23.8. The molecule has 0 aromatic rings. The normalized spacial score (nSPS) is 9.69. The Kier molecular flexibility index (Phi) is 7.25. The molecule has 0 aliphatic heterocycles. The van der Waals surface area contributed by atoms with E-state index >= 15 is 0 Å². The molecule has 0 aliphatic carbocycles. The van der Waals surface area contributed by atoms with Crippen molar-refractivity contribution in [1.29, 1.82) is 0 Å². The molecule has 4 nitrogen and oxygen atoms in total. The molecule has 0 saturated carbocycles. The quantitative estimate of drug-likeness (QED) is 0.677. The minimum Gasteiger partial charge on any atom is -0.481 e. The van der Waals surface area contributed by atoms with Crippen LogP contribution in [0.25, 0.3) is 0 Å². The molecule has 0 radical (unpaired) electrons. The van der Waals surface area contributed by atoms with Gasteiger partial charge in [-0.2, -0.15) is 0 Å². The molecule has 0 heterocycles. The smallest absolute Gasteiger partial charge is 0.305 e. The van der Waals surface area contributed by atoms with E-state index in [9.17, 15) is 9.59 Å². The molecule has 1 N–H and O–H groups in total. The summed E-state index contributed by atoms with van der Waals surface area (Å²) in [7, 11) is 0. The Morgan fingerprint density at radius 2 is 1.88 bits per heavy atom. The highest BCUT2D eigenvalue weighted by atomic mass is 16.4. The van der Waals surface area contributed by atoms with E-state index < -0.39 is 5.97 Å². The maximum atomic E-state index is 11.7. The first-order valence-electron chi connectivity index (χ1n) is 5.63. The predicted molar refractivity (Wildman–Crippen MR) is 63.2 cm³/mol. The third kappa shape index (κ3) is 7.04. The molecule has 0 saturated heterocycles. The van der Waals surface area contributed by atoms with Crippen LogP contribution in [0.15, 0.2) is 11.6 Å². The molecule has 0 atom stereocenters. The number of nitrogens with zero attached hydrogens (tertiary/aromatic N) is 1. The number of hydrogen-bond acceptors (Lipinski definition) is 2. The summed E-state index contributed by atoms with van der Waals surface area (Å²) in [5, 5.41) is 8.60. The first-order chi connectivity index (χ1) is 7.47. The number of rotatable bonds is 7. The SMILES string of the molecule is CCCCN(CCC(=O)O)C(=O)C=C(C)C. The van der Waals surface area contributed by atoms with Crippen molar-refractivity contribution in [3.8, 4) is 0 Å². The number of carbonyl (C=O) groups excluding carboxylic acids is 1. The Morgan fingerprint density at radius 1 is 1.25 bits per heavy atom. The summed E-state index contributed by atoms with van der Waals surface area (Å²) < 4.78 is 0. The molecular formula is C12H21NO3. The van der Waals surface area contributed by atoms with Gasteiger partial charge in [-0.25, -0.2) is 0 Å². The lowest BCUT2D eigenvalue weighted by molar-refractivity contribution is -0.138. The van der Waals surface area contributed by atoms with Crippen LogP contribution in [0.3, 0.4) is 0 Å². The van der Waals surface area contributed by atoms with Crippen LogP contribution >= 0.6 is 0 Å². The zero-order valence-electron chi connectivity index (χ0n) is 10.3. The largest absolute Gasteiger partial charge is 0.481 e. The van der Waals surface area contributed by atoms with Gasteiger partial charge in [0, 0.05) is 19.2 Å². The topological polar surface area (TPSA) is 57.6 Å². The number of carbonyl (C=O) groups is 2. The van der Waals surface area contributed by atoms with E-state index in [1.54, 1.807) is 11.0 Å². The summed E-state index contributed by atoms with van der Waals surface area (Å²) in [6.45, 7) is 6.67. The van der Waals surface area contributed by atoms with Crippen molar-refractivity contribution in [3.05, 3.63) is 11.6 Å². The Hall–Kier alpha value is -1.32. The highest BCUT2D eigenvalue weighted by Crippen LogP contribution is 2.01. The van der Waals surface area contributed by atoms with Gasteiger partial charge >= 0.3 is 5.97 Å². The number of amides is 1. The molecule has 0 unspecified atom stereocenters. The third-order valence-electron chi connectivity index (χ3n) is 2.10. The monoisotopic (exact) mass is 227 g/mol. The average molecular weight is 227 g/mol. The lowest BCUT2D eigenvalue weighted by atomic mass is 10.2. The maximum Gasteiger partial charge on any atom is 0.305 e. The van der Waals surface area contributed by atoms with Crippen LogP contribution in [0.5, 0.6) is 0 Å². The van der Waals surface area contributed by atoms with Crippen molar-refractivity contribution in [2.45, 2.75) is 40.0 Å². The molecule has 4 heteroatoms. The number of unbranched alkanes of at least 4 members (excludes halogenated alkanes) is 1. The number of allylic oxidation sites excluding steroid dienone is 1. The fourth-order valence-electron chi connectivity index (χ4n) is 1.25. The van der Waals surface area contributed by atoms with Crippen molar-refractivity contribution in [2.75, 3.05) is 13.1 Å². The van der Waals surface area contributed by atoms with Gasteiger partial charge in [0.25, 0.3) is 0 Å². The molecule has 0 aromatic carbocycles. The van der Waals surface area contributed by atoms with E-state index in [4.69, 9.17) is 5.11 Å². The van der Waals surface area contributed by atoms with Gasteiger partial charge in [0.05, 0.1) is 6.42 Å². The standard InChI is InChI=1S/C12H21NO3/c1-4-5-7-13(8-6-12(15)16)11(14)9-10(2)3/h9H,4-8H2,1-3H3,(H,15,16). The van der Waals surface area contributed by atoms with Crippen LogP contribution < -0.4 is 0 Å². The zero-order chi connectivity index (χ0) is 12.6. The second-order valence-corrected chi connectivity index (χ2v) is 4.04. The van der Waals surface area contributed by atoms with E-state index in [1.807, 2.05) is 20.8 Å². The Labute approximate surface area is 96.9 Å². The molecule has 0 spiro atoms. The fraction of sp³-hybridized carbons (Fsp3) is 0.667. The maximum absolute atomic E-state index is 11.7. The zero-order valence-corrected chi connectivity index (χ0v) is 10.3. The number of aliphatic carboxylic acids is 1. The Morgan fingerprint density at radius 3 is 2.31 bits per heavy atom. The van der Waals surface area contributed by atoms with Crippen LogP contribution in [-0.4, -0.2) is 35.0 Å². The van der Waals surface area contributed by atoms with Crippen molar-refractivity contribution >= 4 is 11.9 Å². The van der Waals surface area contributed by atoms with Gasteiger partial charge in [-0.05, 0) is 20.3 Å².